The van der Waals surface area contributed by atoms with Crippen molar-refractivity contribution < 1.29 is 19.4 Å². The molecule has 5 heteroatoms. The van der Waals surface area contributed by atoms with Crippen LogP contribution >= 0.6 is 0 Å². The Bertz CT molecular complexity index is 557. The highest BCUT2D eigenvalue weighted by Gasteiger charge is 2.40. The number of carbonyl (C=O) groups is 2. The molecule has 2 amide bonds. The van der Waals surface area contributed by atoms with Gasteiger partial charge in [0.15, 0.2) is 0 Å². The lowest BCUT2D eigenvalue weighted by Gasteiger charge is -2.25. The van der Waals surface area contributed by atoms with E-state index >= 15 is 0 Å². The molecular formula is C25H45NO4. The van der Waals surface area contributed by atoms with E-state index in [1.165, 1.54) is 49.8 Å². The third-order valence-electron chi connectivity index (χ3n) is 6.38. The van der Waals surface area contributed by atoms with Crippen LogP contribution in [0.15, 0.2) is 11.6 Å². The minimum Gasteiger partial charge on any atom is -0.447 e. The van der Waals surface area contributed by atoms with Crippen LogP contribution in [-0.2, 0) is 9.53 Å². The van der Waals surface area contributed by atoms with E-state index in [-0.39, 0.29) is 36.3 Å². The minimum absolute atomic E-state index is 0.142. The van der Waals surface area contributed by atoms with Crippen molar-refractivity contribution in [2.45, 2.75) is 111 Å². The first kappa shape index (κ1) is 26.7. The van der Waals surface area contributed by atoms with Crippen molar-refractivity contribution >= 4 is 12.0 Å². The van der Waals surface area contributed by atoms with Crippen LogP contribution in [0.3, 0.4) is 0 Å². The first-order valence-corrected chi connectivity index (χ1v) is 12.1. The van der Waals surface area contributed by atoms with Gasteiger partial charge in [-0.15, -0.1) is 0 Å². The fraction of sp³-hybridized carbons (Fsp3) is 0.840. The van der Waals surface area contributed by atoms with Gasteiger partial charge in [0.05, 0.1) is 12.1 Å². The third kappa shape index (κ3) is 8.41. The molecule has 0 unspecified atom stereocenters. The van der Waals surface area contributed by atoms with Crippen LogP contribution in [0.25, 0.3) is 0 Å². The van der Waals surface area contributed by atoms with Crippen LogP contribution in [0.2, 0.25) is 0 Å². The Kier molecular flexibility index (Phi) is 12.3. The number of hydrogen-bond acceptors (Lipinski definition) is 4. The van der Waals surface area contributed by atoms with E-state index in [0.29, 0.717) is 5.57 Å². The lowest BCUT2D eigenvalue weighted by molar-refractivity contribution is -0.125. The lowest BCUT2D eigenvalue weighted by Crippen LogP contribution is -2.42. The number of unbranched alkanes of at least 4 members (excludes halogenated alkanes) is 7. The van der Waals surface area contributed by atoms with Gasteiger partial charge in [-0.05, 0) is 25.2 Å². The van der Waals surface area contributed by atoms with Gasteiger partial charge in [0, 0.05) is 11.5 Å². The van der Waals surface area contributed by atoms with Gasteiger partial charge in [-0.2, -0.15) is 0 Å². The molecule has 1 rings (SSSR count). The van der Waals surface area contributed by atoms with E-state index in [1.807, 2.05) is 20.8 Å². The van der Waals surface area contributed by atoms with Crippen molar-refractivity contribution in [3.8, 4) is 0 Å². The van der Waals surface area contributed by atoms with Gasteiger partial charge in [0.2, 0.25) is 0 Å². The number of ether oxygens (including phenoxy) is 1. The molecule has 1 aliphatic rings. The molecule has 0 aromatic heterocycles. The monoisotopic (exact) mass is 423 g/mol. The highest BCUT2D eigenvalue weighted by Crippen LogP contribution is 2.25. The van der Waals surface area contributed by atoms with Crippen LogP contribution in [0.5, 0.6) is 0 Å². The molecule has 0 aromatic carbocycles. The highest BCUT2D eigenvalue weighted by atomic mass is 16.6. The van der Waals surface area contributed by atoms with Crippen LogP contribution < -0.4 is 0 Å². The quantitative estimate of drug-likeness (QED) is 0.271. The molecule has 0 saturated carbocycles. The largest absolute Gasteiger partial charge is 0.447 e. The van der Waals surface area contributed by atoms with E-state index in [1.54, 1.807) is 13.0 Å². The van der Waals surface area contributed by atoms with Gasteiger partial charge in [0.25, 0.3) is 5.91 Å². The fourth-order valence-corrected chi connectivity index (χ4v) is 4.20. The minimum atomic E-state index is -0.567. The van der Waals surface area contributed by atoms with Crippen molar-refractivity contribution in [2.75, 3.05) is 6.61 Å². The molecule has 1 heterocycles. The molecular weight excluding hydrogens is 378 g/mol. The Labute approximate surface area is 184 Å². The summed E-state index contributed by atoms with van der Waals surface area (Å²) in [7, 11) is 0. The molecule has 1 fully saturated rings. The number of nitrogens with zero attached hydrogens (tertiary/aromatic N) is 1. The smallest absolute Gasteiger partial charge is 0.417 e. The van der Waals surface area contributed by atoms with Crippen LogP contribution in [0.1, 0.15) is 99.3 Å². The Morgan fingerprint density at radius 1 is 1.10 bits per heavy atom. The summed E-state index contributed by atoms with van der Waals surface area (Å²) < 4.78 is 5.08. The maximum atomic E-state index is 12.8. The number of imide groups is 1. The summed E-state index contributed by atoms with van der Waals surface area (Å²) in [4.78, 5) is 26.1. The van der Waals surface area contributed by atoms with E-state index in [2.05, 4.69) is 13.8 Å². The topological polar surface area (TPSA) is 66.8 Å². The van der Waals surface area contributed by atoms with Crippen LogP contribution in [0, 0.1) is 17.8 Å². The summed E-state index contributed by atoms with van der Waals surface area (Å²) in [6.45, 7) is 12.2. The first-order chi connectivity index (χ1) is 14.2. The summed E-state index contributed by atoms with van der Waals surface area (Å²) in [6.07, 6.45) is 12.0. The maximum Gasteiger partial charge on any atom is 0.417 e. The zero-order chi connectivity index (χ0) is 22.7. The molecule has 1 aliphatic heterocycles. The molecule has 0 aromatic rings. The molecule has 5 nitrogen and oxygen atoms in total. The first-order valence-electron chi connectivity index (χ1n) is 12.1. The van der Waals surface area contributed by atoms with E-state index < -0.39 is 12.2 Å². The molecule has 0 spiro atoms. The number of amides is 2. The van der Waals surface area contributed by atoms with E-state index in [4.69, 9.17) is 4.74 Å². The summed E-state index contributed by atoms with van der Waals surface area (Å²) in [5.74, 6) is -0.137. The van der Waals surface area contributed by atoms with Crippen LogP contribution in [0.4, 0.5) is 4.79 Å². The Balaban J connectivity index is 2.46. The SMILES string of the molecule is CCCCCCCCCC[C@@H](C)[C@H](O)[C@@H](C)/C=C(\C)C(=O)N1C(=O)OC[C@@H]1C(C)C. The van der Waals surface area contributed by atoms with Crippen molar-refractivity contribution in [3.63, 3.8) is 0 Å². The number of hydrogen-bond donors (Lipinski definition) is 1. The zero-order valence-electron chi connectivity index (χ0n) is 20.2. The standard InChI is InChI=1S/C25H45NO4/c1-7-8-9-10-11-12-13-14-15-19(4)23(27)20(5)16-21(6)24(28)26-22(18(2)3)17-30-25(26)29/h16,18-20,22-23,27H,7-15,17H2,1-6H3/b21-16+/t19-,20+,22-,23+/m1/s1. The van der Waals surface area contributed by atoms with Gasteiger partial charge in [0.1, 0.15) is 6.61 Å². The van der Waals surface area contributed by atoms with Crippen molar-refractivity contribution in [1.29, 1.82) is 0 Å². The average Bonchev–Trinajstić information content (AvgIpc) is 3.10. The van der Waals surface area contributed by atoms with Crippen LogP contribution in [-0.4, -0.2) is 40.8 Å². The highest BCUT2D eigenvalue weighted by molar-refractivity contribution is 6.03. The number of carbonyl (C=O) groups excluding carboxylic acids is 2. The van der Waals surface area contributed by atoms with Gasteiger partial charge in [-0.3, -0.25) is 4.79 Å². The average molecular weight is 424 g/mol. The second kappa shape index (κ2) is 13.8. The molecule has 0 bridgehead atoms. The predicted molar refractivity (Wildman–Crippen MR) is 122 cm³/mol. The fourth-order valence-electron chi connectivity index (χ4n) is 4.20. The predicted octanol–water partition coefficient (Wildman–Crippen LogP) is 6.10. The summed E-state index contributed by atoms with van der Waals surface area (Å²) in [6, 6.07) is -0.227. The van der Waals surface area contributed by atoms with E-state index in [9.17, 15) is 14.7 Å². The summed E-state index contributed by atoms with van der Waals surface area (Å²) in [5, 5.41) is 10.7. The lowest BCUT2D eigenvalue weighted by atomic mass is 9.88. The third-order valence-corrected chi connectivity index (χ3v) is 6.38. The molecule has 1 N–H and O–H groups in total. The number of rotatable bonds is 14. The Morgan fingerprint density at radius 3 is 2.23 bits per heavy atom. The van der Waals surface area contributed by atoms with Gasteiger partial charge < -0.3 is 9.84 Å². The number of aliphatic hydroxyl groups excluding tert-OH is 1. The maximum absolute atomic E-state index is 12.8. The Hall–Kier alpha value is -1.36. The van der Waals surface area contributed by atoms with Gasteiger partial charge >= 0.3 is 6.09 Å². The number of cyclic esters (lactones) is 1. The molecule has 1 saturated heterocycles. The summed E-state index contributed by atoms with van der Waals surface area (Å²) in [5.41, 5.74) is 0.491. The van der Waals surface area contributed by atoms with Crippen molar-refractivity contribution in [1.82, 2.24) is 4.90 Å². The molecule has 30 heavy (non-hydrogen) atoms. The molecule has 0 aliphatic carbocycles. The van der Waals surface area contributed by atoms with E-state index in [0.717, 1.165) is 12.8 Å². The molecule has 174 valence electrons. The molecule has 0 radical (unpaired) electrons. The zero-order valence-corrected chi connectivity index (χ0v) is 20.2. The number of aliphatic hydroxyl groups is 1. The normalized spacial score (nSPS) is 20.4. The van der Waals surface area contributed by atoms with Crippen molar-refractivity contribution in [3.05, 3.63) is 11.6 Å². The summed E-state index contributed by atoms with van der Waals surface area (Å²) >= 11 is 0. The Morgan fingerprint density at radius 2 is 1.67 bits per heavy atom. The van der Waals surface area contributed by atoms with Gasteiger partial charge in [-0.25, -0.2) is 9.69 Å². The molecule has 4 atom stereocenters. The second-order valence-corrected chi connectivity index (χ2v) is 9.50. The van der Waals surface area contributed by atoms with Gasteiger partial charge in [-0.1, -0.05) is 92.1 Å². The second-order valence-electron chi connectivity index (χ2n) is 9.50. The van der Waals surface area contributed by atoms with Crippen molar-refractivity contribution in [2.24, 2.45) is 17.8 Å².